The van der Waals surface area contributed by atoms with Gasteiger partial charge in [0.2, 0.25) is 10.0 Å². The van der Waals surface area contributed by atoms with E-state index >= 15 is 0 Å². The monoisotopic (exact) mass is 632 g/mol. The van der Waals surface area contributed by atoms with Crippen molar-refractivity contribution in [3.8, 4) is 0 Å². The van der Waals surface area contributed by atoms with E-state index in [0.717, 1.165) is 71.6 Å². The molecule has 1 atom stereocenters. The molecule has 0 saturated carbocycles. The molecule has 0 radical (unpaired) electrons. The highest BCUT2D eigenvalue weighted by atomic mass is 32.2. The molecule has 2 aromatic carbocycles. The lowest BCUT2D eigenvalue weighted by atomic mass is 9.99. The zero-order valence-electron chi connectivity index (χ0n) is 27.2. The first kappa shape index (κ1) is 34.1. The SMILES string of the molecule is C=C(NCc1ccc(S(=O)(=O)NCc2ccc(C)cc2)cc1)OCCCCn1cnc2c(C)nc(CCC(C)CCCC)nc21. The van der Waals surface area contributed by atoms with Crippen LogP contribution in [0.2, 0.25) is 0 Å². The second-order valence-corrected chi connectivity index (χ2v) is 13.7. The third-order valence-corrected chi connectivity index (χ3v) is 9.39. The number of rotatable bonds is 19. The van der Waals surface area contributed by atoms with Crippen molar-refractivity contribution in [2.75, 3.05) is 6.61 Å². The van der Waals surface area contributed by atoms with Crippen molar-refractivity contribution in [3.05, 3.63) is 95.5 Å². The number of hydrogen-bond acceptors (Lipinski definition) is 7. The molecule has 0 aliphatic carbocycles. The Kier molecular flexibility index (Phi) is 12.5. The molecule has 2 N–H and O–H groups in total. The van der Waals surface area contributed by atoms with Gasteiger partial charge in [-0.25, -0.2) is 28.1 Å². The van der Waals surface area contributed by atoms with E-state index in [1.54, 1.807) is 24.3 Å². The number of hydrogen-bond donors (Lipinski definition) is 2. The minimum absolute atomic E-state index is 0.231. The molecule has 242 valence electrons. The van der Waals surface area contributed by atoms with Crippen LogP contribution in [-0.4, -0.2) is 34.5 Å². The number of nitrogens with one attached hydrogen (secondary N) is 2. The second-order valence-electron chi connectivity index (χ2n) is 11.9. The summed E-state index contributed by atoms with van der Waals surface area (Å²) in [5.74, 6) is 2.07. The molecule has 4 rings (SSSR count). The Morgan fingerprint density at radius 3 is 2.40 bits per heavy atom. The van der Waals surface area contributed by atoms with E-state index in [4.69, 9.17) is 14.7 Å². The Morgan fingerprint density at radius 1 is 0.956 bits per heavy atom. The number of nitrogens with zero attached hydrogens (tertiary/aromatic N) is 4. The molecule has 9 nitrogen and oxygen atoms in total. The zero-order chi connectivity index (χ0) is 32.2. The number of fused-ring (bicyclic) bond motifs is 1. The van der Waals surface area contributed by atoms with Crippen molar-refractivity contribution in [3.63, 3.8) is 0 Å². The summed E-state index contributed by atoms with van der Waals surface area (Å²) in [4.78, 5) is 14.4. The first-order valence-electron chi connectivity index (χ1n) is 16.0. The van der Waals surface area contributed by atoms with Crippen molar-refractivity contribution in [2.24, 2.45) is 5.92 Å². The summed E-state index contributed by atoms with van der Waals surface area (Å²) in [6.07, 6.45) is 9.40. The number of imidazole rings is 1. The van der Waals surface area contributed by atoms with Gasteiger partial charge in [0.25, 0.3) is 0 Å². The van der Waals surface area contributed by atoms with Crippen molar-refractivity contribution in [1.29, 1.82) is 0 Å². The molecule has 1 unspecified atom stereocenters. The van der Waals surface area contributed by atoms with Gasteiger partial charge >= 0.3 is 0 Å². The Hall–Kier alpha value is -3.76. The summed E-state index contributed by atoms with van der Waals surface area (Å²) in [6.45, 7) is 14.6. The molecule has 0 fully saturated rings. The fourth-order valence-electron chi connectivity index (χ4n) is 5.08. The normalized spacial score (nSPS) is 12.4. The van der Waals surface area contributed by atoms with Crippen molar-refractivity contribution in [2.45, 2.75) is 97.2 Å². The number of ether oxygens (including phenoxy) is 1. The van der Waals surface area contributed by atoms with E-state index in [2.05, 4.69) is 40.0 Å². The van der Waals surface area contributed by atoms with E-state index in [-0.39, 0.29) is 11.4 Å². The standard InChI is InChI=1S/C35H48N6O3S/c1-6-7-10-26(2)13-20-33-39-28(4)34-35(40-33)41(25-37-34)21-8-9-22-44-29(5)36-23-30-16-18-32(19-17-30)45(42,43)38-24-31-14-11-27(3)12-15-31/h11-12,14-19,25-26,36,38H,5-10,13,20-24H2,1-4H3. The van der Waals surface area contributed by atoms with Crippen LogP contribution in [0.25, 0.3) is 11.2 Å². The van der Waals surface area contributed by atoms with Crippen LogP contribution in [0.3, 0.4) is 0 Å². The first-order chi connectivity index (χ1) is 21.6. The van der Waals surface area contributed by atoms with Crippen molar-refractivity contribution in [1.82, 2.24) is 29.6 Å². The second kappa shape index (κ2) is 16.5. The lowest BCUT2D eigenvalue weighted by molar-refractivity contribution is 0.185. The lowest BCUT2D eigenvalue weighted by Crippen LogP contribution is -2.23. The maximum absolute atomic E-state index is 12.7. The van der Waals surface area contributed by atoms with Gasteiger partial charge in [0.15, 0.2) is 11.5 Å². The van der Waals surface area contributed by atoms with E-state index in [9.17, 15) is 8.42 Å². The van der Waals surface area contributed by atoms with Gasteiger partial charge < -0.3 is 14.6 Å². The molecule has 0 amide bonds. The Balaban J connectivity index is 1.16. The summed E-state index contributed by atoms with van der Waals surface area (Å²) in [6, 6.07) is 14.6. The van der Waals surface area contributed by atoms with Gasteiger partial charge in [0.05, 0.1) is 23.5 Å². The number of unbranched alkanes of at least 4 members (excludes halogenated alkanes) is 2. The predicted octanol–water partition coefficient (Wildman–Crippen LogP) is 6.74. The van der Waals surface area contributed by atoms with Crippen LogP contribution in [0.1, 0.15) is 80.6 Å². The third kappa shape index (κ3) is 10.4. The fraction of sp³-hybridized carbons (Fsp3) is 0.457. The third-order valence-electron chi connectivity index (χ3n) is 7.98. The molecule has 0 spiro atoms. The average Bonchev–Trinajstić information content (AvgIpc) is 3.45. The molecule has 0 aliphatic rings. The Morgan fingerprint density at radius 2 is 1.67 bits per heavy atom. The van der Waals surface area contributed by atoms with Gasteiger partial charge in [-0.15, -0.1) is 0 Å². The molecule has 4 aromatic rings. The van der Waals surface area contributed by atoms with E-state index in [1.807, 2.05) is 44.4 Å². The first-order valence-corrected chi connectivity index (χ1v) is 17.5. The van der Waals surface area contributed by atoms with Crippen molar-refractivity contribution < 1.29 is 13.2 Å². The number of sulfonamides is 1. The molecule has 10 heteroatoms. The van der Waals surface area contributed by atoms with Gasteiger partial charge in [-0.1, -0.05) is 75.1 Å². The number of aromatic nitrogens is 4. The minimum Gasteiger partial charge on any atom is -0.480 e. The highest BCUT2D eigenvalue weighted by molar-refractivity contribution is 7.89. The highest BCUT2D eigenvalue weighted by Gasteiger charge is 2.14. The van der Waals surface area contributed by atoms with Gasteiger partial charge in [-0.05, 0) is 68.9 Å². The van der Waals surface area contributed by atoms with Crippen LogP contribution in [0.5, 0.6) is 0 Å². The van der Waals surface area contributed by atoms with Crippen LogP contribution in [0, 0.1) is 19.8 Å². The molecule has 2 aromatic heterocycles. The quantitative estimate of drug-likeness (QED) is 0.0870. The summed E-state index contributed by atoms with van der Waals surface area (Å²) in [5.41, 5.74) is 5.69. The molecule has 45 heavy (non-hydrogen) atoms. The van der Waals surface area contributed by atoms with Gasteiger partial charge in [0.1, 0.15) is 11.3 Å². The highest BCUT2D eigenvalue weighted by Crippen LogP contribution is 2.18. The van der Waals surface area contributed by atoms with E-state index in [1.165, 1.54) is 19.3 Å². The predicted molar refractivity (Wildman–Crippen MR) is 180 cm³/mol. The van der Waals surface area contributed by atoms with E-state index < -0.39 is 10.0 Å². The number of benzene rings is 2. The van der Waals surface area contributed by atoms with Gasteiger partial charge in [-0.2, -0.15) is 0 Å². The molecular formula is C35H48N6O3S. The van der Waals surface area contributed by atoms with Crippen LogP contribution in [0.4, 0.5) is 0 Å². The maximum atomic E-state index is 12.7. The topological polar surface area (TPSA) is 111 Å². The molecular weight excluding hydrogens is 584 g/mol. The Labute approximate surface area is 268 Å². The van der Waals surface area contributed by atoms with Crippen LogP contribution < -0.4 is 10.0 Å². The summed E-state index contributed by atoms with van der Waals surface area (Å²) in [7, 11) is -3.60. The maximum Gasteiger partial charge on any atom is 0.240 e. The average molecular weight is 633 g/mol. The summed E-state index contributed by atoms with van der Waals surface area (Å²) >= 11 is 0. The zero-order valence-corrected chi connectivity index (χ0v) is 28.0. The van der Waals surface area contributed by atoms with Crippen LogP contribution in [0.15, 0.2) is 72.2 Å². The van der Waals surface area contributed by atoms with Crippen LogP contribution in [-0.2, 0) is 40.8 Å². The minimum atomic E-state index is -3.60. The van der Waals surface area contributed by atoms with Crippen LogP contribution >= 0.6 is 0 Å². The van der Waals surface area contributed by atoms with Gasteiger partial charge in [0, 0.05) is 26.1 Å². The number of aryl methyl sites for hydroxylation is 4. The molecule has 0 aliphatic heterocycles. The van der Waals surface area contributed by atoms with Gasteiger partial charge in [-0.3, -0.25) is 0 Å². The Bertz CT molecular complexity index is 1630. The molecule has 0 saturated heterocycles. The van der Waals surface area contributed by atoms with Crippen molar-refractivity contribution >= 4 is 21.2 Å². The smallest absolute Gasteiger partial charge is 0.240 e. The summed E-state index contributed by atoms with van der Waals surface area (Å²) < 4.78 is 36.0. The largest absolute Gasteiger partial charge is 0.480 e. The molecule has 2 heterocycles. The fourth-order valence-corrected chi connectivity index (χ4v) is 6.09. The van der Waals surface area contributed by atoms with E-state index in [0.29, 0.717) is 25.0 Å². The molecule has 0 bridgehead atoms. The summed E-state index contributed by atoms with van der Waals surface area (Å²) in [5, 5.41) is 3.17. The lowest BCUT2D eigenvalue weighted by Gasteiger charge is -2.12.